The number of benzene rings is 1. The van der Waals surface area contributed by atoms with E-state index in [1.54, 1.807) is 6.92 Å². The van der Waals surface area contributed by atoms with E-state index in [2.05, 4.69) is 32.0 Å². The topological polar surface area (TPSA) is 128 Å². The van der Waals surface area contributed by atoms with Gasteiger partial charge < -0.3 is 26.0 Å². The first-order chi connectivity index (χ1) is 18.2. The smallest absolute Gasteiger partial charge is 0.273 e. The highest BCUT2D eigenvalue weighted by Crippen LogP contribution is 2.30. The van der Waals surface area contributed by atoms with Crippen molar-refractivity contribution in [3.05, 3.63) is 46.2 Å². The van der Waals surface area contributed by atoms with Gasteiger partial charge >= 0.3 is 0 Å². The van der Waals surface area contributed by atoms with E-state index in [4.69, 9.17) is 17.3 Å². The maximum atomic E-state index is 12.9. The van der Waals surface area contributed by atoms with Crippen LogP contribution in [0.5, 0.6) is 0 Å². The largest absolute Gasteiger partial charge is 0.392 e. The molecular formula is C27H38ClN7O3. The molecule has 0 saturated carbocycles. The van der Waals surface area contributed by atoms with Gasteiger partial charge in [0.1, 0.15) is 0 Å². The Hall–Kier alpha value is -2.95. The Morgan fingerprint density at radius 1 is 1.16 bits per heavy atom. The molecule has 0 radical (unpaired) electrons. The van der Waals surface area contributed by atoms with Crippen LogP contribution in [0.2, 0.25) is 5.15 Å². The number of aliphatic hydroxyl groups is 1. The average molecular weight is 544 g/mol. The fourth-order valence-corrected chi connectivity index (χ4v) is 5.54. The number of aliphatic hydroxyl groups excluding tert-OH is 1. The zero-order chi connectivity index (χ0) is 27.4. The third-order valence-electron chi connectivity index (χ3n) is 7.45. The molecule has 0 spiro atoms. The first-order valence-electron chi connectivity index (χ1n) is 13.3. The second-order valence-electron chi connectivity index (χ2n) is 10.3. The fraction of sp³-hybridized carbons (Fsp3) is 0.556. The Labute approximate surface area is 229 Å². The minimum atomic E-state index is -0.689. The number of nitrogens with zero attached hydrogens (tertiary/aromatic N) is 5. The third kappa shape index (κ3) is 6.36. The molecule has 206 valence electrons. The minimum Gasteiger partial charge on any atom is -0.392 e. The van der Waals surface area contributed by atoms with Crippen molar-refractivity contribution in [2.24, 2.45) is 0 Å². The van der Waals surface area contributed by atoms with Gasteiger partial charge in [0.25, 0.3) is 11.8 Å². The highest BCUT2D eigenvalue weighted by molar-refractivity contribution is 6.32. The van der Waals surface area contributed by atoms with Crippen molar-refractivity contribution in [2.45, 2.75) is 58.2 Å². The summed E-state index contributed by atoms with van der Waals surface area (Å²) >= 11 is 6.47. The molecule has 0 bridgehead atoms. The van der Waals surface area contributed by atoms with E-state index in [9.17, 15) is 14.7 Å². The molecule has 4 rings (SSSR count). The van der Waals surface area contributed by atoms with E-state index >= 15 is 0 Å². The lowest BCUT2D eigenvalue weighted by Gasteiger charge is -2.47. The Bertz CT molecular complexity index is 1140. The number of rotatable bonds is 7. The van der Waals surface area contributed by atoms with Crippen LogP contribution in [0.15, 0.2) is 24.3 Å². The van der Waals surface area contributed by atoms with Crippen LogP contribution >= 0.6 is 11.6 Å². The molecule has 2 aliphatic heterocycles. The molecule has 2 amide bonds. The Kier molecular flexibility index (Phi) is 9.07. The van der Waals surface area contributed by atoms with Crippen molar-refractivity contribution >= 4 is 35.1 Å². The van der Waals surface area contributed by atoms with Gasteiger partial charge in [0.15, 0.2) is 22.5 Å². The van der Waals surface area contributed by atoms with E-state index < -0.39 is 12.0 Å². The number of piperazine rings is 1. The predicted octanol–water partition coefficient (Wildman–Crippen LogP) is 2.34. The van der Waals surface area contributed by atoms with Crippen molar-refractivity contribution in [3.8, 4) is 0 Å². The quantitative estimate of drug-likeness (QED) is 0.485. The van der Waals surface area contributed by atoms with Crippen molar-refractivity contribution < 1.29 is 14.7 Å². The lowest BCUT2D eigenvalue weighted by atomic mass is 9.97. The summed E-state index contributed by atoms with van der Waals surface area (Å²) in [4.78, 5) is 40.6. The summed E-state index contributed by atoms with van der Waals surface area (Å²) in [7, 11) is 0. The van der Waals surface area contributed by atoms with Gasteiger partial charge in [-0.2, -0.15) is 0 Å². The molecule has 2 aromatic rings. The normalized spacial score (nSPS) is 19.9. The number of hydrogen-bond acceptors (Lipinski definition) is 8. The standard InChI is InChI=1S/C27H38ClN7O3/c1-4-20-16-34(25-23(28)31-22(24(29)32-25)26(37)30-15-18(3)36)13-14-35(20)21-9-11-33(12-10-21)27(38)19-7-5-17(2)6-8-19/h5-8,18,20-21,36H,4,9-16H2,1-3H3,(H2,29,32)(H,30,37)/t18-,20+/m1/s1. The molecule has 0 unspecified atom stereocenters. The van der Waals surface area contributed by atoms with Gasteiger partial charge in [0.2, 0.25) is 0 Å². The van der Waals surface area contributed by atoms with Crippen LogP contribution in [0.4, 0.5) is 11.6 Å². The van der Waals surface area contributed by atoms with E-state index in [-0.39, 0.29) is 29.1 Å². The molecule has 1 aromatic carbocycles. The number of piperidine rings is 1. The van der Waals surface area contributed by atoms with E-state index in [0.29, 0.717) is 24.4 Å². The highest BCUT2D eigenvalue weighted by atomic mass is 35.5. The fourth-order valence-electron chi connectivity index (χ4n) is 5.30. The van der Waals surface area contributed by atoms with Crippen LogP contribution in [-0.2, 0) is 0 Å². The number of anilines is 2. The molecule has 1 aromatic heterocycles. The number of carbonyl (C=O) groups excluding carboxylic acids is 2. The molecule has 0 aliphatic carbocycles. The van der Waals surface area contributed by atoms with Crippen molar-refractivity contribution in [2.75, 3.05) is 49.9 Å². The molecule has 2 fully saturated rings. The van der Waals surface area contributed by atoms with E-state index in [1.807, 2.05) is 36.1 Å². The molecule has 2 saturated heterocycles. The number of hydrogen-bond donors (Lipinski definition) is 3. The zero-order valence-electron chi connectivity index (χ0n) is 22.4. The summed E-state index contributed by atoms with van der Waals surface area (Å²) in [6.07, 6.45) is 2.15. The second-order valence-corrected chi connectivity index (χ2v) is 10.6. The van der Waals surface area contributed by atoms with Crippen LogP contribution in [-0.4, -0.2) is 94.1 Å². The van der Waals surface area contributed by atoms with Gasteiger partial charge in [0.05, 0.1) is 6.10 Å². The molecule has 11 heteroatoms. The number of carbonyl (C=O) groups is 2. The van der Waals surface area contributed by atoms with Gasteiger partial charge in [-0.05, 0) is 45.2 Å². The van der Waals surface area contributed by atoms with Crippen molar-refractivity contribution in [1.29, 1.82) is 0 Å². The number of nitrogen functional groups attached to an aromatic ring is 1. The zero-order valence-corrected chi connectivity index (χ0v) is 23.1. The van der Waals surface area contributed by atoms with Crippen LogP contribution < -0.4 is 16.0 Å². The molecule has 3 heterocycles. The summed E-state index contributed by atoms with van der Waals surface area (Å²) in [5.41, 5.74) is 7.93. The number of aromatic nitrogens is 2. The van der Waals surface area contributed by atoms with Crippen LogP contribution in [0.1, 0.15) is 59.5 Å². The maximum Gasteiger partial charge on any atom is 0.273 e. The Morgan fingerprint density at radius 3 is 2.47 bits per heavy atom. The number of likely N-dealkylation sites (tertiary alicyclic amines) is 1. The molecule has 2 aliphatic rings. The van der Waals surface area contributed by atoms with E-state index in [0.717, 1.165) is 56.6 Å². The maximum absolute atomic E-state index is 12.9. The van der Waals surface area contributed by atoms with Crippen molar-refractivity contribution in [1.82, 2.24) is 25.1 Å². The number of nitrogens with one attached hydrogen (secondary N) is 1. The summed E-state index contributed by atoms with van der Waals surface area (Å²) in [6.45, 7) is 9.62. The lowest BCUT2D eigenvalue weighted by Crippen LogP contribution is -2.58. The number of aryl methyl sites for hydroxylation is 1. The third-order valence-corrected chi connectivity index (χ3v) is 7.71. The Morgan fingerprint density at radius 2 is 1.84 bits per heavy atom. The summed E-state index contributed by atoms with van der Waals surface area (Å²) in [5.74, 6) is 0.0726. The highest BCUT2D eigenvalue weighted by Gasteiger charge is 2.35. The van der Waals surface area contributed by atoms with Gasteiger partial charge in [-0.1, -0.05) is 36.2 Å². The summed E-state index contributed by atoms with van der Waals surface area (Å²) in [5, 5.41) is 12.1. The first kappa shape index (κ1) is 28.1. The molecule has 4 N–H and O–H groups in total. The SMILES string of the molecule is CC[C@H]1CN(c2nc(N)c(C(=O)NC[C@@H](C)O)nc2Cl)CCN1C1CCN(C(=O)c2ccc(C)cc2)CC1. The first-order valence-corrected chi connectivity index (χ1v) is 13.7. The van der Waals surface area contributed by atoms with Crippen LogP contribution in [0.3, 0.4) is 0 Å². The Balaban J connectivity index is 1.37. The van der Waals surface area contributed by atoms with Gasteiger partial charge in [0, 0.05) is 56.9 Å². The van der Waals surface area contributed by atoms with Gasteiger partial charge in [-0.3, -0.25) is 14.5 Å². The summed E-state index contributed by atoms with van der Waals surface area (Å²) < 4.78 is 0. The molecule has 10 nitrogen and oxygen atoms in total. The van der Waals surface area contributed by atoms with Crippen molar-refractivity contribution in [3.63, 3.8) is 0 Å². The number of nitrogens with two attached hydrogens (primary N) is 1. The average Bonchev–Trinajstić information content (AvgIpc) is 2.92. The van der Waals surface area contributed by atoms with Crippen LogP contribution in [0.25, 0.3) is 0 Å². The summed E-state index contributed by atoms with van der Waals surface area (Å²) in [6, 6.07) is 8.49. The number of amides is 2. The molecule has 38 heavy (non-hydrogen) atoms. The van der Waals surface area contributed by atoms with E-state index in [1.165, 1.54) is 0 Å². The lowest BCUT2D eigenvalue weighted by molar-refractivity contribution is 0.0490. The predicted molar refractivity (Wildman–Crippen MR) is 149 cm³/mol. The van der Waals surface area contributed by atoms with Crippen LogP contribution in [0, 0.1) is 6.92 Å². The monoisotopic (exact) mass is 543 g/mol. The molecule has 2 atom stereocenters. The minimum absolute atomic E-state index is 0.00795. The molecular weight excluding hydrogens is 506 g/mol. The van der Waals surface area contributed by atoms with Gasteiger partial charge in [-0.25, -0.2) is 9.97 Å². The second kappa shape index (κ2) is 12.3. The van der Waals surface area contributed by atoms with Gasteiger partial charge in [-0.15, -0.1) is 0 Å². The number of halogens is 1.